The molecule has 1 aromatic carbocycles. The third-order valence-electron chi connectivity index (χ3n) is 3.60. The normalized spacial score (nSPS) is 12.6. The van der Waals surface area contributed by atoms with Gasteiger partial charge in [0.25, 0.3) is 5.91 Å². The fraction of sp³-hybridized carbons (Fsp3) is 0.294. The maximum atomic E-state index is 12.2. The van der Waals surface area contributed by atoms with Crippen LogP contribution in [0.5, 0.6) is 0 Å². The van der Waals surface area contributed by atoms with Gasteiger partial charge in [0.2, 0.25) is 10.0 Å². The first-order valence-corrected chi connectivity index (χ1v) is 9.20. The molecule has 0 unspecified atom stereocenters. The van der Waals surface area contributed by atoms with Gasteiger partial charge in [-0.15, -0.1) is 0 Å². The maximum Gasteiger partial charge on any atom is 0.251 e. The fourth-order valence-electron chi connectivity index (χ4n) is 1.99. The van der Waals surface area contributed by atoms with Gasteiger partial charge in [-0.05, 0) is 55.3 Å². The molecule has 128 valence electrons. The highest BCUT2D eigenvalue weighted by molar-refractivity contribution is 7.89. The van der Waals surface area contributed by atoms with Crippen molar-refractivity contribution >= 4 is 15.9 Å². The van der Waals surface area contributed by atoms with Crippen molar-refractivity contribution in [3.8, 4) is 0 Å². The Morgan fingerprint density at radius 1 is 1.12 bits per heavy atom. The summed E-state index contributed by atoms with van der Waals surface area (Å²) in [5, 5.41) is 2.78. The highest BCUT2D eigenvalue weighted by Gasteiger charge is 2.17. The maximum absolute atomic E-state index is 12.2. The fourth-order valence-corrected chi connectivity index (χ4v) is 3.31. The van der Waals surface area contributed by atoms with Crippen LogP contribution in [0.4, 0.5) is 0 Å². The predicted octanol–water partition coefficient (Wildman–Crippen LogP) is 2.09. The monoisotopic (exact) mass is 347 g/mol. The highest BCUT2D eigenvalue weighted by Crippen LogP contribution is 2.12. The highest BCUT2D eigenvalue weighted by atomic mass is 32.2. The first-order chi connectivity index (χ1) is 11.4. The Morgan fingerprint density at radius 3 is 2.33 bits per heavy atom. The molecule has 0 bridgehead atoms. The van der Waals surface area contributed by atoms with Crippen molar-refractivity contribution in [1.29, 1.82) is 0 Å². The van der Waals surface area contributed by atoms with E-state index in [4.69, 9.17) is 0 Å². The minimum atomic E-state index is -3.56. The molecular formula is C17H21N3O3S. The smallest absolute Gasteiger partial charge is 0.251 e. The summed E-state index contributed by atoms with van der Waals surface area (Å²) in [7, 11) is -3.56. The molecule has 1 heterocycles. The summed E-state index contributed by atoms with van der Waals surface area (Å²) in [5.74, 6) is -0.259. The average Bonchev–Trinajstić information content (AvgIpc) is 2.60. The number of aromatic nitrogens is 1. The summed E-state index contributed by atoms with van der Waals surface area (Å²) < 4.78 is 26.9. The molecule has 0 saturated carbocycles. The Bertz CT molecular complexity index is 774. The van der Waals surface area contributed by atoms with Gasteiger partial charge in [0.05, 0.1) is 4.90 Å². The number of hydrogen-bond donors (Lipinski definition) is 2. The van der Waals surface area contributed by atoms with Gasteiger partial charge in [0.15, 0.2) is 0 Å². The molecule has 1 atom stereocenters. The molecule has 6 nitrogen and oxygen atoms in total. The van der Waals surface area contributed by atoms with E-state index in [2.05, 4.69) is 15.0 Å². The molecule has 2 rings (SSSR count). The van der Waals surface area contributed by atoms with Gasteiger partial charge in [-0.25, -0.2) is 13.1 Å². The van der Waals surface area contributed by atoms with Crippen LogP contribution in [0.25, 0.3) is 0 Å². The summed E-state index contributed by atoms with van der Waals surface area (Å²) in [4.78, 5) is 16.2. The molecule has 2 aromatic rings. The molecule has 2 N–H and O–H groups in total. The molecule has 0 fully saturated rings. The lowest BCUT2D eigenvalue weighted by molar-refractivity contribution is 0.0951. The zero-order valence-corrected chi connectivity index (χ0v) is 14.5. The third-order valence-corrected chi connectivity index (χ3v) is 5.20. The van der Waals surface area contributed by atoms with Crippen LogP contribution in [0.15, 0.2) is 53.7 Å². The van der Waals surface area contributed by atoms with E-state index in [1.807, 2.05) is 19.1 Å². The molecule has 0 aliphatic rings. The van der Waals surface area contributed by atoms with Crippen LogP contribution in [0.1, 0.15) is 36.2 Å². The minimum Gasteiger partial charge on any atom is -0.348 e. The van der Waals surface area contributed by atoms with E-state index in [1.165, 1.54) is 24.3 Å². The molecule has 1 amide bonds. The Morgan fingerprint density at radius 2 is 1.75 bits per heavy atom. The Balaban J connectivity index is 2.02. The number of benzene rings is 1. The molecule has 0 aliphatic heterocycles. The first-order valence-electron chi connectivity index (χ1n) is 7.72. The van der Waals surface area contributed by atoms with E-state index in [0.29, 0.717) is 18.5 Å². The number of nitrogens with one attached hydrogen (secondary N) is 2. The van der Waals surface area contributed by atoms with Crippen LogP contribution in [0, 0.1) is 0 Å². The lowest BCUT2D eigenvalue weighted by atomic mass is 10.2. The lowest BCUT2D eigenvalue weighted by Crippen LogP contribution is -2.32. The van der Waals surface area contributed by atoms with Crippen LogP contribution in [0.3, 0.4) is 0 Å². The number of carbonyl (C=O) groups excluding carboxylic acids is 1. The van der Waals surface area contributed by atoms with Crippen molar-refractivity contribution in [2.75, 3.05) is 0 Å². The zero-order valence-electron chi connectivity index (χ0n) is 13.7. The van der Waals surface area contributed by atoms with Gasteiger partial charge in [-0.1, -0.05) is 6.92 Å². The average molecular weight is 347 g/mol. The van der Waals surface area contributed by atoms with Crippen LogP contribution >= 0.6 is 0 Å². The number of hydrogen-bond acceptors (Lipinski definition) is 4. The van der Waals surface area contributed by atoms with E-state index >= 15 is 0 Å². The van der Waals surface area contributed by atoms with Crippen molar-refractivity contribution in [3.05, 3.63) is 59.9 Å². The van der Waals surface area contributed by atoms with Crippen molar-refractivity contribution < 1.29 is 13.2 Å². The van der Waals surface area contributed by atoms with Gasteiger partial charge < -0.3 is 5.32 Å². The number of sulfonamides is 1. The molecule has 0 aliphatic carbocycles. The standard InChI is InChI=1S/C17H21N3O3S/c1-3-13(2)20-24(22,23)16-6-4-15(5-7-16)17(21)19-12-14-8-10-18-11-9-14/h4-11,13,20H,3,12H2,1-2H3,(H,19,21)/t13-/m0/s1. The van der Waals surface area contributed by atoms with E-state index in [-0.39, 0.29) is 16.8 Å². The molecule has 0 saturated heterocycles. The summed E-state index contributed by atoms with van der Waals surface area (Å²) >= 11 is 0. The zero-order chi connectivity index (χ0) is 17.6. The first kappa shape index (κ1) is 18.1. The summed E-state index contributed by atoms with van der Waals surface area (Å²) in [6, 6.07) is 9.38. The second-order valence-corrected chi connectivity index (χ2v) is 7.21. The largest absolute Gasteiger partial charge is 0.348 e. The second-order valence-electron chi connectivity index (χ2n) is 5.49. The minimum absolute atomic E-state index is 0.140. The van der Waals surface area contributed by atoms with E-state index in [0.717, 1.165) is 5.56 Å². The Hall–Kier alpha value is -2.25. The van der Waals surface area contributed by atoms with Gasteiger partial charge in [0, 0.05) is 30.5 Å². The number of carbonyl (C=O) groups is 1. The Kier molecular flexibility index (Phi) is 6.05. The summed E-state index contributed by atoms with van der Waals surface area (Å²) in [5.41, 5.74) is 1.35. The predicted molar refractivity (Wildman–Crippen MR) is 91.9 cm³/mol. The van der Waals surface area contributed by atoms with Crippen molar-refractivity contribution in [2.45, 2.75) is 37.8 Å². The summed E-state index contributed by atoms with van der Waals surface area (Å²) in [6.07, 6.45) is 4.02. The van der Waals surface area contributed by atoms with Crippen LogP contribution in [-0.2, 0) is 16.6 Å². The SMILES string of the molecule is CC[C@H](C)NS(=O)(=O)c1ccc(C(=O)NCc2ccncc2)cc1. The van der Waals surface area contributed by atoms with Gasteiger partial charge in [-0.3, -0.25) is 9.78 Å². The molecule has 0 spiro atoms. The number of rotatable bonds is 7. The van der Waals surface area contributed by atoms with Crippen LogP contribution in [0.2, 0.25) is 0 Å². The Labute approximate surface area is 142 Å². The molecule has 24 heavy (non-hydrogen) atoms. The van der Waals surface area contributed by atoms with Gasteiger partial charge in [-0.2, -0.15) is 0 Å². The molecule has 1 aromatic heterocycles. The topological polar surface area (TPSA) is 88.2 Å². The second kappa shape index (κ2) is 8.03. The molecule has 0 radical (unpaired) electrons. The van der Waals surface area contributed by atoms with Gasteiger partial charge in [0.1, 0.15) is 0 Å². The number of nitrogens with zero attached hydrogens (tertiary/aromatic N) is 1. The lowest BCUT2D eigenvalue weighted by Gasteiger charge is -2.12. The van der Waals surface area contributed by atoms with Crippen LogP contribution in [-0.4, -0.2) is 25.4 Å². The number of amides is 1. The van der Waals surface area contributed by atoms with Crippen molar-refractivity contribution in [2.24, 2.45) is 0 Å². The van der Waals surface area contributed by atoms with Crippen LogP contribution < -0.4 is 10.0 Å². The third kappa shape index (κ3) is 4.87. The molecular weight excluding hydrogens is 326 g/mol. The van der Waals surface area contributed by atoms with Gasteiger partial charge >= 0.3 is 0 Å². The van der Waals surface area contributed by atoms with E-state index in [1.54, 1.807) is 19.3 Å². The van der Waals surface area contributed by atoms with E-state index in [9.17, 15) is 13.2 Å². The number of pyridine rings is 1. The van der Waals surface area contributed by atoms with E-state index < -0.39 is 10.0 Å². The quantitative estimate of drug-likeness (QED) is 0.803. The molecule has 7 heteroatoms. The van der Waals surface area contributed by atoms with Crippen molar-refractivity contribution in [1.82, 2.24) is 15.0 Å². The summed E-state index contributed by atoms with van der Waals surface area (Å²) in [6.45, 7) is 4.10. The van der Waals surface area contributed by atoms with Crippen molar-refractivity contribution in [3.63, 3.8) is 0 Å².